The lowest BCUT2D eigenvalue weighted by molar-refractivity contribution is -0.120. The molecule has 0 bridgehead atoms. The number of hydrogen-bond acceptors (Lipinski definition) is 4. The molecule has 0 spiro atoms. The van der Waals surface area contributed by atoms with E-state index >= 15 is 0 Å². The number of hydrogen-bond donors (Lipinski definition) is 0. The Morgan fingerprint density at radius 2 is 1.79 bits per heavy atom. The molecule has 0 aliphatic carbocycles. The number of ether oxygens (including phenoxy) is 1. The van der Waals surface area contributed by atoms with E-state index in [0.717, 1.165) is 22.0 Å². The highest BCUT2D eigenvalue weighted by Gasteiger charge is 2.16. The van der Waals surface area contributed by atoms with Crippen LogP contribution < -0.4 is 0 Å². The average molecular weight is 319 g/mol. The van der Waals surface area contributed by atoms with Crippen molar-refractivity contribution in [3.8, 4) is 11.3 Å². The Labute approximate surface area is 140 Å². The number of benzene rings is 2. The molecule has 0 amide bonds. The summed E-state index contributed by atoms with van der Waals surface area (Å²) in [5, 5.41) is 0.725. The molecule has 2 aromatic carbocycles. The monoisotopic (exact) mass is 319 g/mol. The van der Waals surface area contributed by atoms with Crippen LogP contribution in [0.2, 0.25) is 0 Å². The van der Waals surface area contributed by atoms with Gasteiger partial charge in [0.25, 0.3) is 0 Å². The normalized spacial score (nSPS) is 10.6. The average Bonchev–Trinajstić information content (AvgIpc) is 2.59. The van der Waals surface area contributed by atoms with E-state index in [1.54, 1.807) is 6.07 Å². The van der Waals surface area contributed by atoms with Crippen molar-refractivity contribution >= 4 is 22.7 Å². The third-order valence-corrected chi connectivity index (χ3v) is 3.66. The van der Waals surface area contributed by atoms with Gasteiger partial charge >= 0.3 is 5.97 Å². The van der Waals surface area contributed by atoms with Crippen molar-refractivity contribution in [2.45, 2.75) is 13.8 Å². The molecule has 1 heterocycles. The summed E-state index contributed by atoms with van der Waals surface area (Å²) in [6.45, 7) is 3.11. The van der Waals surface area contributed by atoms with Crippen LogP contribution in [0.5, 0.6) is 0 Å². The molecule has 0 radical (unpaired) electrons. The van der Waals surface area contributed by atoms with Gasteiger partial charge in [0.15, 0.2) is 5.78 Å². The van der Waals surface area contributed by atoms with Crippen LogP contribution in [0.1, 0.15) is 22.8 Å². The topological polar surface area (TPSA) is 56.3 Å². The molecule has 0 aliphatic rings. The maximum Gasteiger partial charge on any atom is 0.339 e. The molecule has 3 rings (SSSR count). The molecule has 4 nitrogen and oxygen atoms in total. The van der Waals surface area contributed by atoms with Gasteiger partial charge in [-0.2, -0.15) is 0 Å². The van der Waals surface area contributed by atoms with Crippen LogP contribution in [0.15, 0.2) is 54.6 Å². The maximum atomic E-state index is 12.5. The number of pyridine rings is 1. The number of rotatable bonds is 4. The summed E-state index contributed by atoms with van der Waals surface area (Å²) in [7, 11) is 0. The van der Waals surface area contributed by atoms with E-state index in [9.17, 15) is 9.59 Å². The van der Waals surface area contributed by atoms with Gasteiger partial charge in [0.1, 0.15) is 6.61 Å². The van der Waals surface area contributed by atoms with Crippen LogP contribution in [0.3, 0.4) is 0 Å². The summed E-state index contributed by atoms with van der Waals surface area (Å²) in [5.41, 5.74) is 3.78. The quantitative estimate of drug-likeness (QED) is 0.683. The summed E-state index contributed by atoms with van der Waals surface area (Å²) in [5.74, 6) is -0.707. The minimum absolute atomic E-state index is 0.193. The smallest absolute Gasteiger partial charge is 0.339 e. The van der Waals surface area contributed by atoms with E-state index in [1.807, 2.05) is 55.5 Å². The molecular formula is C20H17NO3. The van der Waals surface area contributed by atoms with Gasteiger partial charge in [-0.25, -0.2) is 9.78 Å². The number of Topliss-reactive ketones (excluding diaryl/α,β-unsaturated/α-hetero) is 1. The minimum atomic E-state index is -0.514. The number of esters is 1. The van der Waals surface area contributed by atoms with E-state index in [0.29, 0.717) is 11.3 Å². The van der Waals surface area contributed by atoms with E-state index in [2.05, 4.69) is 4.98 Å². The number of aryl methyl sites for hydroxylation is 1. The highest BCUT2D eigenvalue weighted by atomic mass is 16.5. The highest BCUT2D eigenvalue weighted by Crippen LogP contribution is 2.26. The molecule has 0 fully saturated rings. The van der Waals surface area contributed by atoms with Crippen LogP contribution in [0.4, 0.5) is 0 Å². The number of carbonyl (C=O) groups is 2. The van der Waals surface area contributed by atoms with Crippen molar-refractivity contribution in [2.75, 3.05) is 6.61 Å². The number of nitrogens with zero attached hydrogens (tertiary/aromatic N) is 1. The molecule has 3 aromatic rings. The molecule has 1 aromatic heterocycles. The lowest BCUT2D eigenvalue weighted by Crippen LogP contribution is -2.12. The second kappa shape index (κ2) is 6.62. The van der Waals surface area contributed by atoms with Crippen molar-refractivity contribution in [3.05, 3.63) is 65.7 Å². The van der Waals surface area contributed by atoms with Gasteiger partial charge in [0, 0.05) is 10.9 Å². The number of ketones is 1. The van der Waals surface area contributed by atoms with E-state index in [-0.39, 0.29) is 12.4 Å². The van der Waals surface area contributed by atoms with Crippen LogP contribution in [-0.4, -0.2) is 23.3 Å². The van der Waals surface area contributed by atoms with Crippen LogP contribution in [-0.2, 0) is 9.53 Å². The first-order valence-corrected chi connectivity index (χ1v) is 7.68. The number of aromatic nitrogens is 1. The van der Waals surface area contributed by atoms with Crippen molar-refractivity contribution in [2.24, 2.45) is 0 Å². The fraction of sp³-hybridized carbons (Fsp3) is 0.150. The van der Waals surface area contributed by atoms with Gasteiger partial charge in [-0.05, 0) is 32.0 Å². The fourth-order valence-corrected chi connectivity index (χ4v) is 2.51. The predicted molar refractivity (Wildman–Crippen MR) is 92.9 cm³/mol. The van der Waals surface area contributed by atoms with Crippen molar-refractivity contribution in [1.82, 2.24) is 4.98 Å². The van der Waals surface area contributed by atoms with Crippen molar-refractivity contribution < 1.29 is 14.3 Å². The third kappa shape index (κ3) is 3.33. The second-order valence-corrected chi connectivity index (χ2v) is 5.72. The summed E-state index contributed by atoms with van der Waals surface area (Å²) >= 11 is 0. The Hall–Kier alpha value is -3.01. The molecular weight excluding hydrogens is 302 g/mol. The first kappa shape index (κ1) is 15.9. The largest absolute Gasteiger partial charge is 0.454 e. The van der Waals surface area contributed by atoms with E-state index in [4.69, 9.17) is 4.74 Å². The van der Waals surface area contributed by atoms with Gasteiger partial charge in [0.05, 0.1) is 16.8 Å². The standard InChI is InChI=1S/C20H17NO3/c1-13-8-9-18-16(10-13)17(20(23)24-12-14(2)22)11-19(21-18)15-6-4-3-5-7-15/h3-11H,12H2,1-2H3. The predicted octanol–water partition coefficient (Wildman–Crippen LogP) is 3.96. The Morgan fingerprint density at radius 1 is 1.04 bits per heavy atom. The van der Waals surface area contributed by atoms with Gasteiger partial charge in [0.2, 0.25) is 0 Å². The van der Waals surface area contributed by atoms with Gasteiger partial charge in [-0.15, -0.1) is 0 Å². The van der Waals surface area contributed by atoms with Crippen molar-refractivity contribution in [1.29, 1.82) is 0 Å². The highest BCUT2D eigenvalue weighted by molar-refractivity contribution is 6.05. The first-order chi connectivity index (χ1) is 11.5. The zero-order valence-electron chi connectivity index (χ0n) is 13.6. The molecule has 0 N–H and O–H groups in total. The Bertz CT molecular complexity index is 917. The summed E-state index contributed by atoms with van der Waals surface area (Å²) in [6, 6.07) is 17.1. The van der Waals surface area contributed by atoms with E-state index < -0.39 is 5.97 Å². The second-order valence-electron chi connectivity index (χ2n) is 5.72. The van der Waals surface area contributed by atoms with E-state index in [1.165, 1.54) is 6.92 Å². The third-order valence-electron chi connectivity index (χ3n) is 3.66. The molecule has 0 saturated heterocycles. The molecule has 120 valence electrons. The molecule has 24 heavy (non-hydrogen) atoms. The summed E-state index contributed by atoms with van der Waals surface area (Å²) < 4.78 is 5.11. The number of carbonyl (C=O) groups excluding carboxylic acids is 2. The molecule has 0 atom stereocenters. The first-order valence-electron chi connectivity index (χ1n) is 7.68. The Kier molecular flexibility index (Phi) is 4.38. The SMILES string of the molecule is CC(=O)COC(=O)c1cc(-c2ccccc2)nc2ccc(C)cc12. The number of fused-ring (bicyclic) bond motifs is 1. The van der Waals surface area contributed by atoms with Gasteiger partial charge in [-0.3, -0.25) is 4.79 Å². The molecule has 4 heteroatoms. The fourth-order valence-electron chi connectivity index (χ4n) is 2.51. The molecule has 0 saturated carbocycles. The molecule has 0 unspecified atom stereocenters. The Morgan fingerprint density at radius 3 is 2.50 bits per heavy atom. The summed E-state index contributed by atoms with van der Waals surface area (Å²) in [4.78, 5) is 28.2. The minimum Gasteiger partial charge on any atom is -0.454 e. The maximum absolute atomic E-state index is 12.5. The summed E-state index contributed by atoms with van der Waals surface area (Å²) in [6.07, 6.45) is 0. The Balaban J connectivity index is 2.15. The zero-order valence-corrected chi connectivity index (χ0v) is 13.6. The van der Waals surface area contributed by atoms with Crippen LogP contribution in [0.25, 0.3) is 22.2 Å². The van der Waals surface area contributed by atoms with Crippen LogP contribution in [0, 0.1) is 6.92 Å². The lowest BCUT2D eigenvalue weighted by Gasteiger charge is -2.10. The zero-order chi connectivity index (χ0) is 17.1. The lowest BCUT2D eigenvalue weighted by atomic mass is 10.0. The van der Waals surface area contributed by atoms with Gasteiger partial charge in [-0.1, -0.05) is 42.0 Å². The van der Waals surface area contributed by atoms with Gasteiger partial charge < -0.3 is 4.74 Å². The molecule has 0 aliphatic heterocycles. The van der Waals surface area contributed by atoms with Crippen molar-refractivity contribution in [3.63, 3.8) is 0 Å². The van der Waals surface area contributed by atoms with Crippen LogP contribution >= 0.6 is 0 Å².